The normalized spacial score (nSPS) is 11.3. The summed E-state index contributed by atoms with van der Waals surface area (Å²) in [4.78, 5) is 12.7. The third kappa shape index (κ3) is 7.22. The molecule has 6 nitrogen and oxygen atoms in total. The summed E-state index contributed by atoms with van der Waals surface area (Å²) in [7, 11) is -2.50. The van der Waals surface area contributed by atoms with Crippen molar-refractivity contribution in [3.8, 4) is 5.75 Å². The van der Waals surface area contributed by atoms with E-state index in [4.69, 9.17) is 4.74 Å². The molecule has 0 aliphatic rings. The van der Waals surface area contributed by atoms with E-state index in [1.54, 1.807) is 36.4 Å². The van der Waals surface area contributed by atoms with Crippen molar-refractivity contribution in [1.29, 1.82) is 0 Å². The number of sulfonamides is 1. The first-order valence-electron chi connectivity index (χ1n) is 10.7. The SMILES string of the molecule is COc1ccccc1N(CC(=O)NCCCc1ccccc1)S(=O)(=O)C=Cc1ccccc1. The minimum absolute atomic E-state index is 0.303. The van der Waals surface area contributed by atoms with Gasteiger partial charge in [0.25, 0.3) is 10.0 Å². The van der Waals surface area contributed by atoms with Crippen LogP contribution in [0, 0.1) is 0 Å². The average molecular weight is 465 g/mol. The maximum Gasteiger partial charge on any atom is 0.258 e. The second-order valence-corrected chi connectivity index (χ2v) is 9.12. The van der Waals surface area contributed by atoms with Gasteiger partial charge in [0.15, 0.2) is 0 Å². The number of aryl methyl sites for hydroxylation is 1. The van der Waals surface area contributed by atoms with Crippen LogP contribution in [-0.2, 0) is 21.2 Å². The number of carbonyl (C=O) groups is 1. The van der Waals surface area contributed by atoms with Gasteiger partial charge in [-0.1, -0.05) is 72.8 Å². The molecule has 0 radical (unpaired) electrons. The van der Waals surface area contributed by atoms with E-state index in [0.717, 1.165) is 28.1 Å². The standard InChI is InChI=1S/C26H28N2O4S/c1-32-25-17-9-8-16-24(25)28(33(30,31)20-18-23-13-6-3-7-14-23)21-26(29)27-19-10-15-22-11-4-2-5-12-22/h2-9,11-14,16-18,20H,10,15,19,21H2,1H3,(H,27,29). The highest BCUT2D eigenvalue weighted by Gasteiger charge is 2.25. The fourth-order valence-corrected chi connectivity index (χ4v) is 4.50. The van der Waals surface area contributed by atoms with Crippen molar-refractivity contribution in [1.82, 2.24) is 5.32 Å². The van der Waals surface area contributed by atoms with Crippen molar-refractivity contribution >= 4 is 27.7 Å². The Kier molecular flexibility index (Phi) is 8.66. The first-order chi connectivity index (χ1) is 16.0. The van der Waals surface area contributed by atoms with E-state index in [9.17, 15) is 13.2 Å². The molecule has 0 aliphatic heterocycles. The van der Waals surface area contributed by atoms with Gasteiger partial charge in [-0.3, -0.25) is 9.10 Å². The van der Waals surface area contributed by atoms with Crippen LogP contribution in [0.1, 0.15) is 17.5 Å². The number of nitrogens with zero attached hydrogens (tertiary/aromatic N) is 1. The summed E-state index contributed by atoms with van der Waals surface area (Å²) in [6, 6.07) is 25.9. The zero-order valence-corrected chi connectivity index (χ0v) is 19.4. The fourth-order valence-electron chi connectivity index (χ4n) is 3.30. The van der Waals surface area contributed by atoms with Gasteiger partial charge in [0.1, 0.15) is 12.3 Å². The van der Waals surface area contributed by atoms with Gasteiger partial charge < -0.3 is 10.1 Å². The maximum absolute atomic E-state index is 13.2. The van der Waals surface area contributed by atoms with Gasteiger partial charge in [0, 0.05) is 6.54 Å². The molecule has 0 heterocycles. The minimum Gasteiger partial charge on any atom is -0.495 e. The number of ether oxygens (including phenoxy) is 1. The van der Waals surface area contributed by atoms with Gasteiger partial charge in [0.05, 0.1) is 18.2 Å². The molecule has 0 unspecified atom stereocenters. The molecule has 0 saturated carbocycles. The summed E-state index contributed by atoms with van der Waals surface area (Å²) in [6.45, 7) is 0.0978. The Bertz CT molecular complexity index is 1160. The molecule has 1 amide bonds. The smallest absolute Gasteiger partial charge is 0.258 e. The summed E-state index contributed by atoms with van der Waals surface area (Å²) in [5.74, 6) is -0.0169. The Morgan fingerprint density at radius 2 is 1.58 bits per heavy atom. The Morgan fingerprint density at radius 1 is 0.939 bits per heavy atom. The van der Waals surface area contributed by atoms with Crippen molar-refractivity contribution in [3.63, 3.8) is 0 Å². The van der Waals surface area contributed by atoms with Crippen LogP contribution in [0.15, 0.2) is 90.3 Å². The number of nitrogens with one attached hydrogen (secondary N) is 1. The topological polar surface area (TPSA) is 75.7 Å². The van der Waals surface area contributed by atoms with Crippen LogP contribution in [0.5, 0.6) is 5.75 Å². The van der Waals surface area contributed by atoms with Crippen molar-refractivity contribution in [3.05, 3.63) is 101 Å². The van der Waals surface area contributed by atoms with E-state index < -0.39 is 10.0 Å². The van der Waals surface area contributed by atoms with Gasteiger partial charge in [0.2, 0.25) is 5.91 Å². The number of hydrogen-bond acceptors (Lipinski definition) is 4. The van der Waals surface area contributed by atoms with Gasteiger partial charge in [-0.05, 0) is 42.2 Å². The third-order valence-electron chi connectivity index (χ3n) is 4.99. The number of anilines is 1. The monoisotopic (exact) mass is 464 g/mol. The molecule has 0 aromatic heterocycles. The number of amides is 1. The Balaban J connectivity index is 1.73. The molecule has 33 heavy (non-hydrogen) atoms. The first kappa shape index (κ1) is 24.1. The van der Waals surface area contributed by atoms with Crippen LogP contribution in [-0.4, -0.2) is 34.5 Å². The molecule has 0 aliphatic carbocycles. The lowest BCUT2D eigenvalue weighted by Gasteiger charge is -2.24. The molecular weight excluding hydrogens is 436 g/mol. The van der Waals surface area contributed by atoms with Crippen LogP contribution in [0.2, 0.25) is 0 Å². The van der Waals surface area contributed by atoms with Crippen LogP contribution in [0.4, 0.5) is 5.69 Å². The first-order valence-corrected chi connectivity index (χ1v) is 12.2. The van der Waals surface area contributed by atoms with Crippen LogP contribution in [0.25, 0.3) is 6.08 Å². The number of benzene rings is 3. The predicted molar refractivity (Wildman–Crippen MR) is 133 cm³/mol. The van der Waals surface area contributed by atoms with Crippen LogP contribution in [0.3, 0.4) is 0 Å². The fraction of sp³-hybridized carbons (Fsp3) is 0.192. The van der Waals surface area contributed by atoms with Crippen LogP contribution >= 0.6 is 0 Å². The molecule has 3 aromatic rings. The van der Waals surface area contributed by atoms with Crippen LogP contribution < -0.4 is 14.4 Å². The number of para-hydroxylation sites is 2. The van der Waals surface area contributed by atoms with Gasteiger partial charge in [-0.15, -0.1) is 0 Å². The lowest BCUT2D eigenvalue weighted by Crippen LogP contribution is -2.40. The molecule has 7 heteroatoms. The molecule has 0 spiro atoms. The molecule has 0 atom stereocenters. The van der Waals surface area contributed by atoms with Crippen molar-refractivity contribution in [2.45, 2.75) is 12.8 Å². The van der Waals surface area contributed by atoms with E-state index in [1.165, 1.54) is 18.7 Å². The Labute approximate surface area is 195 Å². The van der Waals surface area contributed by atoms with E-state index in [1.807, 2.05) is 48.5 Å². The predicted octanol–water partition coefficient (Wildman–Crippen LogP) is 4.25. The molecule has 1 N–H and O–H groups in total. The molecule has 0 saturated heterocycles. The number of rotatable bonds is 11. The molecule has 3 aromatic carbocycles. The molecular formula is C26H28N2O4S. The summed E-state index contributed by atoms with van der Waals surface area (Å²) in [5.41, 5.74) is 2.24. The second kappa shape index (κ2) is 11.9. The van der Waals surface area contributed by atoms with E-state index in [2.05, 4.69) is 5.32 Å². The molecule has 0 bridgehead atoms. The average Bonchev–Trinajstić information content (AvgIpc) is 2.85. The van der Waals surface area contributed by atoms with Gasteiger partial charge in [-0.2, -0.15) is 0 Å². The molecule has 172 valence electrons. The summed E-state index contributed by atoms with van der Waals surface area (Å²) in [5, 5.41) is 3.94. The zero-order chi connectivity index (χ0) is 23.5. The molecule has 3 rings (SSSR count). The van der Waals surface area contributed by atoms with E-state index in [0.29, 0.717) is 18.0 Å². The van der Waals surface area contributed by atoms with Crippen molar-refractivity contribution in [2.75, 3.05) is 24.5 Å². The number of carbonyl (C=O) groups excluding carboxylic acids is 1. The minimum atomic E-state index is -3.96. The van der Waals surface area contributed by atoms with Gasteiger partial charge >= 0.3 is 0 Å². The van der Waals surface area contributed by atoms with E-state index >= 15 is 0 Å². The second-order valence-electron chi connectivity index (χ2n) is 7.38. The lowest BCUT2D eigenvalue weighted by molar-refractivity contribution is -0.119. The highest BCUT2D eigenvalue weighted by atomic mass is 32.2. The Hall–Kier alpha value is -3.58. The molecule has 0 fully saturated rings. The van der Waals surface area contributed by atoms with E-state index in [-0.39, 0.29) is 12.5 Å². The number of methoxy groups -OCH3 is 1. The van der Waals surface area contributed by atoms with Gasteiger partial charge in [-0.25, -0.2) is 8.42 Å². The number of hydrogen-bond donors (Lipinski definition) is 1. The maximum atomic E-state index is 13.2. The summed E-state index contributed by atoms with van der Waals surface area (Å²) >= 11 is 0. The highest BCUT2D eigenvalue weighted by Crippen LogP contribution is 2.30. The summed E-state index contributed by atoms with van der Waals surface area (Å²) < 4.78 is 32.9. The zero-order valence-electron chi connectivity index (χ0n) is 18.6. The highest BCUT2D eigenvalue weighted by molar-refractivity contribution is 7.95. The third-order valence-corrected chi connectivity index (χ3v) is 6.41. The largest absolute Gasteiger partial charge is 0.495 e. The quantitative estimate of drug-likeness (QED) is 0.431. The summed E-state index contributed by atoms with van der Waals surface area (Å²) in [6.07, 6.45) is 3.09. The van der Waals surface area contributed by atoms with Crippen molar-refractivity contribution < 1.29 is 17.9 Å². The van der Waals surface area contributed by atoms with Crippen molar-refractivity contribution in [2.24, 2.45) is 0 Å². The Morgan fingerprint density at radius 3 is 2.27 bits per heavy atom. The lowest BCUT2D eigenvalue weighted by atomic mass is 10.1.